The minimum atomic E-state index is -1.27. The summed E-state index contributed by atoms with van der Waals surface area (Å²) in [6, 6.07) is 15.7. The van der Waals surface area contributed by atoms with Gasteiger partial charge in [-0.25, -0.2) is 4.79 Å². The lowest BCUT2D eigenvalue weighted by Gasteiger charge is -2.53. The van der Waals surface area contributed by atoms with Crippen molar-refractivity contribution in [1.29, 1.82) is 0 Å². The standard InChI is InChI=1S/C23H22N2O3/c1-24-20(26)23(21(27)25(2)22(24)28)13-15-8-4-5-9-16(15)18-12-11-14-7-3-6-10-17(14)19(18)23/h3-10,18-19H,11-13H2,1-2H3. The molecule has 4 amide bonds. The molecule has 0 radical (unpaired) electrons. The number of rotatable bonds is 0. The molecule has 2 unspecified atom stereocenters. The van der Waals surface area contributed by atoms with Crippen LogP contribution in [0.25, 0.3) is 0 Å². The second kappa shape index (κ2) is 5.77. The average molecular weight is 374 g/mol. The van der Waals surface area contributed by atoms with Gasteiger partial charge in [-0.05, 0) is 47.4 Å². The maximum absolute atomic E-state index is 13.6. The monoisotopic (exact) mass is 374 g/mol. The molecule has 0 bridgehead atoms. The third-order valence-electron chi connectivity index (χ3n) is 6.92. The van der Waals surface area contributed by atoms with E-state index in [1.165, 1.54) is 25.2 Å². The molecule has 0 saturated carbocycles. The highest BCUT2D eigenvalue weighted by molar-refractivity contribution is 6.19. The molecule has 2 aromatic carbocycles. The maximum Gasteiger partial charge on any atom is 0.332 e. The van der Waals surface area contributed by atoms with Gasteiger partial charge in [0, 0.05) is 20.0 Å². The molecule has 3 aliphatic rings. The van der Waals surface area contributed by atoms with Gasteiger partial charge < -0.3 is 0 Å². The summed E-state index contributed by atoms with van der Waals surface area (Å²) in [5.41, 5.74) is 3.28. The van der Waals surface area contributed by atoms with E-state index in [-0.39, 0.29) is 23.7 Å². The zero-order chi connectivity index (χ0) is 19.6. The van der Waals surface area contributed by atoms with Gasteiger partial charge >= 0.3 is 6.03 Å². The number of imide groups is 2. The molecular weight excluding hydrogens is 352 g/mol. The molecule has 2 aromatic rings. The molecule has 1 spiro atoms. The number of urea groups is 1. The van der Waals surface area contributed by atoms with Crippen LogP contribution in [0.5, 0.6) is 0 Å². The summed E-state index contributed by atoms with van der Waals surface area (Å²) in [5, 5.41) is 0. The summed E-state index contributed by atoms with van der Waals surface area (Å²) >= 11 is 0. The lowest BCUT2D eigenvalue weighted by atomic mass is 9.53. The second-order valence-electron chi connectivity index (χ2n) is 8.18. The Morgan fingerprint density at radius 2 is 1.39 bits per heavy atom. The highest BCUT2D eigenvalue weighted by Crippen LogP contribution is 2.59. The second-order valence-corrected chi connectivity index (χ2v) is 8.18. The summed E-state index contributed by atoms with van der Waals surface area (Å²) < 4.78 is 0. The Balaban J connectivity index is 1.81. The molecule has 28 heavy (non-hydrogen) atoms. The number of aryl methyl sites for hydroxylation is 1. The molecule has 1 saturated heterocycles. The van der Waals surface area contributed by atoms with Crippen LogP contribution in [-0.2, 0) is 22.4 Å². The topological polar surface area (TPSA) is 57.7 Å². The van der Waals surface area contributed by atoms with Crippen LogP contribution in [-0.4, -0.2) is 41.7 Å². The molecule has 5 nitrogen and oxygen atoms in total. The highest BCUT2D eigenvalue weighted by Gasteiger charge is 2.64. The Hall–Kier alpha value is -2.95. The summed E-state index contributed by atoms with van der Waals surface area (Å²) in [7, 11) is 2.97. The van der Waals surface area contributed by atoms with E-state index in [1.54, 1.807) is 0 Å². The van der Waals surface area contributed by atoms with Crippen LogP contribution in [0.2, 0.25) is 0 Å². The Bertz CT molecular complexity index is 1000. The van der Waals surface area contributed by atoms with E-state index in [9.17, 15) is 14.4 Å². The fraction of sp³-hybridized carbons (Fsp3) is 0.348. The van der Waals surface area contributed by atoms with Crippen LogP contribution < -0.4 is 0 Å². The number of hydrogen-bond acceptors (Lipinski definition) is 3. The van der Waals surface area contributed by atoms with Crippen LogP contribution in [0.4, 0.5) is 4.79 Å². The number of fused-ring (bicyclic) bond motifs is 6. The molecule has 0 aromatic heterocycles. The summed E-state index contributed by atoms with van der Waals surface area (Å²) in [4.78, 5) is 41.9. The minimum Gasteiger partial charge on any atom is -0.273 e. The van der Waals surface area contributed by atoms with Crippen molar-refractivity contribution in [2.75, 3.05) is 14.1 Å². The van der Waals surface area contributed by atoms with Crippen LogP contribution in [0.1, 0.15) is 40.5 Å². The smallest absolute Gasteiger partial charge is 0.273 e. The van der Waals surface area contributed by atoms with Gasteiger partial charge in [0.05, 0.1) is 0 Å². The van der Waals surface area contributed by atoms with E-state index in [4.69, 9.17) is 0 Å². The van der Waals surface area contributed by atoms with Crippen LogP contribution in [0, 0.1) is 5.41 Å². The molecule has 5 heteroatoms. The predicted octanol–water partition coefficient (Wildman–Crippen LogP) is 3.09. The van der Waals surface area contributed by atoms with Crippen molar-refractivity contribution < 1.29 is 14.4 Å². The van der Waals surface area contributed by atoms with Crippen LogP contribution >= 0.6 is 0 Å². The lowest BCUT2D eigenvalue weighted by Crippen LogP contribution is -2.67. The van der Waals surface area contributed by atoms with Crippen LogP contribution in [0.3, 0.4) is 0 Å². The van der Waals surface area contributed by atoms with Gasteiger partial charge in [-0.2, -0.15) is 0 Å². The first-order valence-electron chi connectivity index (χ1n) is 9.72. The number of carbonyl (C=O) groups is 3. The van der Waals surface area contributed by atoms with E-state index in [1.807, 2.05) is 30.3 Å². The fourth-order valence-electron chi connectivity index (χ4n) is 5.68. The third-order valence-corrected chi connectivity index (χ3v) is 6.92. The quantitative estimate of drug-likeness (QED) is 0.666. The minimum absolute atomic E-state index is 0.0859. The van der Waals surface area contributed by atoms with Crippen molar-refractivity contribution in [2.45, 2.75) is 31.1 Å². The SMILES string of the molecule is CN1C(=O)N(C)C(=O)C2(Cc3ccccc3C3CCc4ccccc4C32)C1=O. The normalized spacial score (nSPS) is 25.4. The van der Waals surface area contributed by atoms with E-state index < -0.39 is 11.4 Å². The van der Waals surface area contributed by atoms with Crippen molar-refractivity contribution in [2.24, 2.45) is 5.41 Å². The highest BCUT2D eigenvalue weighted by atomic mass is 16.2. The van der Waals surface area contributed by atoms with E-state index in [0.29, 0.717) is 6.42 Å². The van der Waals surface area contributed by atoms with E-state index in [0.717, 1.165) is 33.8 Å². The predicted molar refractivity (Wildman–Crippen MR) is 104 cm³/mol. The molecule has 1 aliphatic heterocycles. The van der Waals surface area contributed by atoms with Gasteiger partial charge in [-0.15, -0.1) is 0 Å². The van der Waals surface area contributed by atoms with Crippen molar-refractivity contribution in [1.82, 2.24) is 9.80 Å². The van der Waals surface area contributed by atoms with Crippen molar-refractivity contribution in [3.8, 4) is 0 Å². The van der Waals surface area contributed by atoms with Crippen LogP contribution in [0.15, 0.2) is 48.5 Å². The Morgan fingerprint density at radius 3 is 2.07 bits per heavy atom. The van der Waals surface area contributed by atoms with Crippen molar-refractivity contribution >= 4 is 17.8 Å². The maximum atomic E-state index is 13.6. The number of barbiturate groups is 1. The fourth-order valence-corrected chi connectivity index (χ4v) is 5.68. The Kier molecular flexibility index (Phi) is 3.54. The molecule has 1 fully saturated rings. The zero-order valence-corrected chi connectivity index (χ0v) is 16.0. The molecule has 2 aliphatic carbocycles. The molecule has 1 heterocycles. The van der Waals surface area contributed by atoms with Crippen molar-refractivity contribution in [3.05, 3.63) is 70.8 Å². The third kappa shape index (κ3) is 1.99. The van der Waals surface area contributed by atoms with E-state index >= 15 is 0 Å². The number of amides is 4. The van der Waals surface area contributed by atoms with Gasteiger partial charge in [0.15, 0.2) is 0 Å². The Labute approximate surface area is 163 Å². The zero-order valence-electron chi connectivity index (χ0n) is 16.0. The average Bonchev–Trinajstić information content (AvgIpc) is 2.74. The van der Waals surface area contributed by atoms with Gasteiger partial charge in [-0.3, -0.25) is 19.4 Å². The number of hydrogen-bond donors (Lipinski definition) is 0. The first-order valence-corrected chi connectivity index (χ1v) is 9.72. The summed E-state index contributed by atoms with van der Waals surface area (Å²) in [6.45, 7) is 0. The molecular formula is C23H22N2O3. The molecule has 2 atom stereocenters. The Morgan fingerprint density at radius 1 is 0.821 bits per heavy atom. The summed E-state index contributed by atoms with van der Waals surface area (Å²) in [6.07, 6.45) is 2.15. The van der Waals surface area contributed by atoms with Gasteiger partial charge in [0.2, 0.25) is 11.8 Å². The van der Waals surface area contributed by atoms with Gasteiger partial charge in [0.1, 0.15) is 5.41 Å². The first kappa shape index (κ1) is 17.2. The number of benzene rings is 2. The molecule has 142 valence electrons. The van der Waals surface area contributed by atoms with Crippen molar-refractivity contribution in [3.63, 3.8) is 0 Å². The number of carbonyl (C=O) groups excluding carboxylic acids is 3. The van der Waals surface area contributed by atoms with Gasteiger partial charge in [0.25, 0.3) is 0 Å². The largest absolute Gasteiger partial charge is 0.332 e. The number of nitrogens with zero attached hydrogens (tertiary/aromatic N) is 2. The first-order chi connectivity index (χ1) is 13.5. The molecule has 0 N–H and O–H groups in total. The van der Waals surface area contributed by atoms with E-state index in [2.05, 4.69) is 18.2 Å². The van der Waals surface area contributed by atoms with Gasteiger partial charge in [-0.1, -0.05) is 48.5 Å². The lowest BCUT2D eigenvalue weighted by molar-refractivity contribution is -0.160. The summed E-state index contributed by atoms with van der Waals surface area (Å²) in [5.74, 6) is -0.920. The molecule has 5 rings (SSSR count).